The molecule has 1 aromatic rings. The number of aliphatic hydroxyl groups excluding tert-OH is 1. The van der Waals surface area contributed by atoms with E-state index in [1.807, 2.05) is 31.1 Å². The molecule has 1 unspecified atom stereocenters. The number of hydrogen-bond donors (Lipinski definition) is 2. The summed E-state index contributed by atoms with van der Waals surface area (Å²) in [6, 6.07) is 8.20. The zero-order valence-corrected chi connectivity index (χ0v) is 12.9. The summed E-state index contributed by atoms with van der Waals surface area (Å²) in [5.74, 6) is 2.51. The second-order valence-corrected chi connectivity index (χ2v) is 6.72. The molecule has 21 heavy (non-hydrogen) atoms. The van der Waals surface area contributed by atoms with Crippen LogP contribution in [0.25, 0.3) is 0 Å². The standard InChI is InChI=1S/C15H18N4OS/c1-17-9-5-3-4-6-10(9)18(2)15(17)12-13(20)11-7-21-8-19(11)14(12)16/h3-6,11,15-16,20H,7-8H2,1-2H3. The monoisotopic (exact) mass is 302 g/mol. The molecule has 1 atom stereocenters. The van der Waals surface area contributed by atoms with Gasteiger partial charge in [-0.1, -0.05) is 12.1 Å². The predicted molar refractivity (Wildman–Crippen MR) is 87.4 cm³/mol. The molecule has 0 bridgehead atoms. The molecule has 3 aliphatic rings. The van der Waals surface area contributed by atoms with Gasteiger partial charge in [-0.2, -0.15) is 0 Å². The third kappa shape index (κ3) is 1.56. The van der Waals surface area contributed by atoms with Gasteiger partial charge in [0.15, 0.2) is 0 Å². The van der Waals surface area contributed by atoms with E-state index in [1.54, 1.807) is 11.8 Å². The summed E-state index contributed by atoms with van der Waals surface area (Å²) in [5.41, 5.74) is 3.03. The highest BCUT2D eigenvalue weighted by Crippen LogP contribution is 2.44. The Morgan fingerprint density at radius 2 is 1.81 bits per heavy atom. The summed E-state index contributed by atoms with van der Waals surface area (Å²) in [6.07, 6.45) is -0.106. The van der Waals surface area contributed by atoms with Crippen LogP contribution < -0.4 is 9.80 Å². The van der Waals surface area contributed by atoms with Crippen LogP contribution in [-0.2, 0) is 0 Å². The first-order chi connectivity index (χ1) is 10.1. The first-order valence-corrected chi connectivity index (χ1v) is 8.17. The minimum atomic E-state index is -0.106. The fraction of sp³-hybridized carbons (Fsp3) is 0.400. The van der Waals surface area contributed by atoms with Crippen molar-refractivity contribution in [3.8, 4) is 0 Å². The summed E-state index contributed by atoms with van der Waals surface area (Å²) < 4.78 is 0. The molecule has 0 radical (unpaired) electrons. The average Bonchev–Trinajstić information content (AvgIpc) is 3.12. The number of fused-ring (bicyclic) bond motifs is 2. The number of amidine groups is 1. The average molecular weight is 302 g/mol. The number of thioether (sulfide) groups is 1. The van der Waals surface area contributed by atoms with Crippen LogP contribution in [0.1, 0.15) is 0 Å². The fourth-order valence-corrected chi connectivity index (χ4v) is 4.74. The largest absolute Gasteiger partial charge is 0.509 e. The molecular formula is C15H18N4OS. The van der Waals surface area contributed by atoms with Crippen LogP contribution in [0.5, 0.6) is 0 Å². The minimum absolute atomic E-state index is 0.0111. The van der Waals surface area contributed by atoms with Gasteiger partial charge >= 0.3 is 0 Å². The Bertz CT molecular complexity index is 630. The Kier molecular flexibility index (Phi) is 2.66. The normalized spacial score (nSPS) is 25.1. The highest BCUT2D eigenvalue weighted by atomic mass is 32.2. The predicted octanol–water partition coefficient (Wildman–Crippen LogP) is 2.08. The van der Waals surface area contributed by atoms with Gasteiger partial charge in [-0.15, -0.1) is 11.8 Å². The lowest BCUT2D eigenvalue weighted by atomic mass is 10.1. The first kappa shape index (κ1) is 12.9. The van der Waals surface area contributed by atoms with Crippen LogP contribution in [0.15, 0.2) is 35.6 Å². The number of hydrogen-bond acceptors (Lipinski definition) is 5. The molecule has 110 valence electrons. The van der Waals surface area contributed by atoms with Crippen molar-refractivity contribution in [3.63, 3.8) is 0 Å². The molecule has 1 fully saturated rings. The van der Waals surface area contributed by atoms with Crippen LogP contribution in [0.4, 0.5) is 11.4 Å². The number of para-hydroxylation sites is 2. The number of nitrogens with zero attached hydrogens (tertiary/aromatic N) is 3. The van der Waals surface area contributed by atoms with Gasteiger partial charge in [0.1, 0.15) is 17.8 Å². The molecule has 0 saturated carbocycles. The molecule has 5 nitrogen and oxygen atoms in total. The summed E-state index contributed by atoms with van der Waals surface area (Å²) in [4.78, 5) is 6.29. The fourth-order valence-electron chi connectivity index (χ4n) is 3.57. The maximum absolute atomic E-state index is 10.6. The van der Waals surface area contributed by atoms with E-state index in [0.29, 0.717) is 11.6 Å². The number of nitrogens with one attached hydrogen (secondary N) is 1. The Labute approximate surface area is 128 Å². The minimum Gasteiger partial charge on any atom is -0.509 e. The lowest BCUT2D eigenvalue weighted by Gasteiger charge is -2.29. The van der Waals surface area contributed by atoms with Gasteiger partial charge in [0.25, 0.3) is 0 Å². The van der Waals surface area contributed by atoms with Crippen molar-refractivity contribution < 1.29 is 5.11 Å². The number of likely N-dealkylation sites (N-methyl/N-ethyl adjacent to an activating group) is 2. The zero-order chi connectivity index (χ0) is 14.7. The molecule has 0 aliphatic carbocycles. The Morgan fingerprint density at radius 1 is 1.19 bits per heavy atom. The summed E-state index contributed by atoms with van der Waals surface area (Å²) in [6.45, 7) is 0. The summed E-state index contributed by atoms with van der Waals surface area (Å²) >= 11 is 1.77. The van der Waals surface area contributed by atoms with Crippen LogP contribution in [0.2, 0.25) is 0 Å². The Balaban J connectivity index is 1.78. The molecule has 1 aromatic carbocycles. The molecule has 2 N–H and O–H groups in total. The van der Waals surface area contributed by atoms with Crippen molar-refractivity contribution in [2.45, 2.75) is 12.2 Å². The summed E-state index contributed by atoms with van der Waals surface area (Å²) in [7, 11) is 4.05. The number of aliphatic hydroxyl groups is 1. The van der Waals surface area contributed by atoms with Crippen molar-refractivity contribution in [3.05, 3.63) is 35.6 Å². The highest BCUT2D eigenvalue weighted by Gasteiger charge is 2.47. The maximum Gasteiger partial charge on any atom is 0.135 e. The molecular weight excluding hydrogens is 284 g/mol. The van der Waals surface area contributed by atoms with Crippen molar-refractivity contribution in [2.75, 3.05) is 35.5 Å². The third-order valence-electron chi connectivity index (χ3n) is 4.65. The van der Waals surface area contributed by atoms with E-state index in [0.717, 1.165) is 28.6 Å². The lowest BCUT2D eigenvalue weighted by molar-refractivity contribution is 0.317. The third-order valence-corrected chi connectivity index (χ3v) is 5.66. The van der Waals surface area contributed by atoms with Gasteiger partial charge < -0.3 is 19.8 Å². The number of anilines is 2. The van der Waals surface area contributed by atoms with Gasteiger partial charge in [-0.25, -0.2) is 0 Å². The SMILES string of the molecule is CN1c2ccccc2N(C)C1C1=C(O)C2CSCN2C1=N. The quantitative estimate of drug-likeness (QED) is 0.832. The molecule has 4 rings (SSSR count). The second-order valence-electron chi connectivity index (χ2n) is 5.72. The molecule has 3 heterocycles. The van der Waals surface area contributed by atoms with Crippen LogP contribution in [-0.4, -0.2) is 53.8 Å². The molecule has 0 amide bonds. The second kappa shape index (κ2) is 4.34. The topological polar surface area (TPSA) is 53.8 Å². The lowest BCUT2D eigenvalue weighted by Crippen LogP contribution is -2.44. The molecule has 0 spiro atoms. The molecule has 6 heteroatoms. The smallest absolute Gasteiger partial charge is 0.135 e. The van der Waals surface area contributed by atoms with Crippen molar-refractivity contribution >= 4 is 29.0 Å². The first-order valence-electron chi connectivity index (χ1n) is 7.02. The molecule has 3 aliphatic heterocycles. The Morgan fingerprint density at radius 3 is 2.38 bits per heavy atom. The maximum atomic E-state index is 10.6. The molecule has 1 saturated heterocycles. The van der Waals surface area contributed by atoms with Crippen LogP contribution in [0, 0.1) is 5.41 Å². The van der Waals surface area contributed by atoms with E-state index in [1.165, 1.54) is 0 Å². The van der Waals surface area contributed by atoms with Gasteiger partial charge in [-0.3, -0.25) is 5.41 Å². The van der Waals surface area contributed by atoms with E-state index in [9.17, 15) is 5.11 Å². The summed E-state index contributed by atoms with van der Waals surface area (Å²) in [5, 5.41) is 19.1. The molecule has 0 aromatic heterocycles. The van der Waals surface area contributed by atoms with Gasteiger partial charge in [0.2, 0.25) is 0 Å². The number of benzene rings is 1. The van der Waals surface area contributed by atoms with E-state index < -0.39 is 0 Å². The van der Waals surface area contributed by atoms with Gasteiger partial charge in [-0.05, 0) is 12.1 Å². The number of rotatable bonds is 1. The van der Waals surface area contributed by atoms with E-state index in [4.69, 9.17) is 5.41 Å². The highest BCUT2D eigenvalue weighted by molar-refractivity contribution is 7.99. The van der Waals surface area contributed by atoms with Crippen LogP contribution >= 0.6 is 11.8 Å². The van der Waals surface area contributed by atoms with Crippen molar-refractivity contribution in [1.29, 1.82) is 5.41 Å². The van der Waals surface area contributed by atoms with Gasteiger partial charge in [0, 0.05) is 19.8 Å². The van der Waals surface area contributed by atoms with Gasteiger partial charge in [0.05, 0.1) is 28.9 Å². The van der Waals surface area contributed by atoms with E-state index in [2.05, 4.69) is 21.9 Å². The zero-order valence-electron chi connectivity index (χ0n) is 12.1. The van der Waals surface area contributed by atoms with E-state index in [-0.39, 0.29) is 12.2 Å². The Hall–Kier alpha value is -1.82. The van der Waals surface area contributed by atoms with E-state index >= 15 is 0 Å². The van der Waals surface area contributed by atoms with Crippen molar-refractivity contribution in [2.24, 2.45) is 0 Å². The van der Waals surface area contributed by atoms with Crippen LogP contribution in [0.3, 0.4) is 0 Å². The van der Waals surface area contributed by atoms with Crippen molar-refractivity contribution in [1.82, 2.24) is 4.90 Å².